The smallest absolute Gasteiger partial charge is 0.153 e. The summed E-state index contributed by atoms with van der Waals surface area (Å²) in [6.07, 6.45) is 1.60. The zero-order valence-electron chi connectivity index (χ0n) is 13.9. The molecule has 0 atom stereocenters. The van der Waals surface area contributed by atoms with E-state index >= 15 is 0 Å². The molecule has 0 saturated heterocycles. The first-order valence-electron chi connectivity index (χ1n) is 7.41. The van der Waals surface area contributed by atoms with Crippen molar-refractivity contribution >= 4 is 5.84 Å². The van der Waals surface area contributed by atoms with Crippen LogP contribution in [0.3, 0.4) is 0 Å². The van der Waals surface area contributed by atoms with E-state index in [-0.39, 0.29) is 17.3 Å². The predicted molar refractivity (Wildman–Crippen MR) is 88.6 cm³/mol. The number of rotatable bonds is 3. The second kappa shape index (κ2) is 6.02. The number of phenolic OH excluding ortho intramolecular Hbond substituents is 1. The number of aryl methyl sites for hydroxylation is 3. The number of aromatic hydroxyl groups is 1. The van der Waals surface area contributed by atoms with Crippen molar-refractivity contribution in [3.63, 3.8) is 0 Å². The summed E-state index contributed by atoms with van der Waals surface area (Å²) in [5.74, 6) is -1.13. The van der Waals surface area contributed by atoms with E-state index in [0.29, 0.717) is 28.3 Å². The van der Waals surface area contributed by atoms with E-state index in [9.17, 15) is 14.7 Å². The number of hydrogen-bond donors (Lipinski definition) is 4. The van der Waals surface area contributed by atoms with Crippen molar-refractivity contribution in [2.45, 2.75) is 13.8 Å². The van der Waals surface area contributed by atoms with Crippen molar-refractivity contribution in [2.75, 3.05) is 0 Å². The molecule has 130 valence electrons. The number of phenols is 1. The van der Waals surface area contributed by atoms with Crippen LogP contribution in [0.4, 0.5) is 4.39 Å². The maximum atomic E-state index is 14.4. The van der Waals surface area contributed by atoms with Gasteiger partial charge in [-0.05, 0) is 26.0 Å². The molecule has 0 fully saturated rings. The summed E-state index contributed by atoms with van der Waals surface area (Å²) in [6.45, 7) is 3.44. The van der Waals surface area contributed by atoms with Gasteiger partial charge < -0.3 is 9.67 Å². The summed E-state index contributed by atoms with van der Waals surface area (Å²) in [5, 5.41) is 31.0. The first kappa shape index (κ1) is 16.7. The molecular weight excluding hydrogens is 327 g/mol. The molecule has 0 amide bonds. The lowest BCUT2D eigenvalue weighted by atomic mass is 10.1. The van der Waals surface area contributed by atoms with Crippen molar-refractivity contribution in [1.29, 1.82) is 5.41 Å². The molecule has 0 bridgehead atoms. The second-order valence-corrected chi connectivity index (χ2v) is 5.63. The zero-order valence-corrected chi connectivity index (χ0v) is 13.9. The van der Waals surface area contributed by atoms with Crippen LogP contribution in [-0.2, 0) is 7.05 Å². The molecule has 4 N–H and O–H groups in total. The van der Waals surface area contributed by atoms with Gasteiger partial charge in [0, 0.05) is 13.1 Å². The van der Waals surface area contributed by atoms with E-state index in [0.717, 1.165) is 6.07 Å². The summed E-state index contributed by atoms with van der Waals surface area (Å²) in [6, 6.07) is 3.73. The Bertz CT molecular complexity index is 956. The van der Waals surface area contributed by atoms with Gasteiger partial charge in [0.25, 0.3) is 0 Å². The topological polar surface area (TPSA) is 112 Å². The van der Waals surface area contributed by atoms with Gasteiger partial charge in [-0.1, -0.05) is 0 Å². The lowest BCUT2D eigenvalue weighted by Crippen LogP contribution is -2.20. The lowest BCUT2D eigenvalue weighted by molar-refractivity contribution is 0.234. The van der Waals surface area contributed by atoms with Crippen LogP contribution in [0.1, 0.15) is 17.0 Å². The largest absolute Gasteiger partial charge is 0.508 e. The van der Waals surface area contributed by atoms with Gasteiger partial charge >= 0.3 is 0 Å². The Morgan fingerprint density at radius 3 is 2.52 bits per heavy atom. The van der Waals surface area contributed by atoms with Crippen molar-refractivity contribution in [1.82, 2.24) is 24.8 Å². The highest BCUT2D eigenvalue weighted by Gasteiger charge is 2.26. The van der Waals surface area contributed by atoms with Crippen molar-refractivity contribution < 1.29 is 14.7 Å². The number of aromatic nitrogens is 4. The molecule has 3 rings (SSSR count). The van der Waals surface area contributed by atoms with Crippen LogP contribution >= 0.6 is 0 Å². The van der Waals surface area contributed by atoms with Crippen LogP contribution in [0.15, 0.2) is 24.5 Å². The predicted octanol–water partition coefficient (Wildman–Crippen LogP) is 2.04. The third kappa shape index (κ3) is 2.64. The minimum atomic E-state index is -0.668. The quantitative estimate of drug-likeness (QED) is 0.330. The second-order valence-electron chi connectivity index (χ2n) is 5.63. The van der Waals surface area contributed by atoms with Gasteiger partial charge in [0.15, 0.2) is 11.7 Å². The first-order chi connectivity index (χ1) is 11.8. The highest BCUT2D eigenvalue weighted by Crippen LogP contribution is 2.32. The fourth-order valence-corrected chi connectivity index (χ4v) is 2.83. The number of hydroxylamine groups is 1. The Hall–Kier alpha value is -3.20. The molecule has 8 nitrogen and oxygen atoms in total. The molecule has 0 aliphatic rings. The van der Waals surface area contributed by atoms with Crippen molar-refractivity contribution in [3.05, 3.63) is 47.3 Å². The lowest BCUT2D eigenvalue weighted by Gasteiger charge is -2.12. The van der Waals surface area contributed by atoms with Crippen LogP contribution in [0.25, 0.3) is 17.1 Å². The molecule has 3 aromatic rings. The van der Waals surface area contributed by atoms with Gasteiger partial charge in [-0.3, -0.25) is 16.1 Å². The molecule has 0 aliphatic carbocycles. The average Bonchev–Trinajstić information content (AvgIpc) is 3.06. The molecule has 0 spiro atoms. The highest BCUT2D eigenvalue weighted by molar-refractivity contribution is 6.02. The van der Waals surface area contributed by atoms with Gasteiger partial charge in [-0.15, -0.1) is 0 Å². The summed E-state index contributed by atoms with van der Waals surface area (Å²) >= 11 is 0. The third-order valence-corrected chi connectivity index (χ3v) is 3.93. The van der Waals surface area contributed by atoms with E-state index in [4.69, 9.17) is 5.41 Å². The van der Waals surface area contributed by atoms with Crippen molar-refractivity contribution in [3.8, 4) is 22.8 Å². The van der Waals surface area contributed by atoms with E-state index in [1.54, 1.807) is 31.8 Å². The molecule has 9 heteroatoms. The number of nitrogens with zero attached hydrogens (tertiary/aromatic N) is 4. The third-order valence-electron chi connectivity index (χ3n) is 3.93. The summed E-state index contributed by atoms with van der Waals surface area (Å²) in [5.41, 5.74) is 4.37. The fraction of sp³-hybridized carbons (Fsp3) is 0.188. The number of nitrogens with one attached hydrogen (secondary N) is 2. The van der Waals surface area contributed by atoms with Gasteiger partial charge in [0.1, 0.15) is 17.1 Å². The van der Waals surface area contributed by atoms with Crippen LogP contribution in [0.2, 0.25) is 0 Å². The van der Waals surface area contributed by atoms with Crippen LogP contribution < -0.4 is 5.48 Å². The van der Waals surface area contributed by atoms with E-state index in [2.05, 4.69) is 10.1 Å². The average molecular weight is 344 g/mol. The zero-order chi connectivity index (χ0) is 18.3. The maximum absolute atomic E-state index is 14.4. The minimum absolute atomic E-state index is 0.105. The molecule has 0 saturated carbocycles. The molecule has 2 heterocycles. The van der Waals surface area contributed by atoms with E-state index in [1.165, 1.54) is 16.8 Å². The number of hydrogen-bond acceptors (Lipinski definition) is 5. The van der Waals surface area contributed by atoms with E-state index in [1.807, 2.05) is 5.48 Å². The minimum Gasteiger partial charge on any atom is -0.508 e. The summed E-state index contributed by atoms with van der Waals surface area (Å²) in [7, 11) is 1.77. The molecule has 1 aromatic carbocycles. The maximum Gasteiger partial charge on any atom is 0.153 e. The molecule has 25 heavy (non-hydrogen) atoms. The van der Waals surface area contributed by atoms with Crippen LogP contribution in [0.5, 0.6) is 5.75 Å². The Kier molecular flexibility index (Phi) is 4.01. The molecule has 0 unspecified atom stereocenters. The standard InChI is InChI=1S/C16H17FN6O2/c1-8-13(16(18)21-25)15(14-9(2)19-7-22(14)3)23(20-8)12-5-4-10(24)6-11(12)17/h4-7,24-25H,1-3H3,(H2,18,21). The first-order valence-corrected chi connectivity index (χ1v) is 7.41. The molecule has 0 radical (unpaired) electrons. The molecular formula is C16H17FN6O2. The number of benzene rings is 1. The Balaban J connectivity index is 2.39. The van der Waals surface area contributed by atoms with Gasteiger partial charge in [-0.2, -0.15) is 5.10 Å². The summed E-state index contributed by atoms with van der Waals surface area (Å²) in [4.78, 5) is 4.23. The van der Waals surface area contributed by atoms with Gasteiger partial charge in [-0.25, -0.2) is 14.1 Å². The molecule has 0 aliphatic heterocycles. The fourth-order valence-electron chi connectivity index (χ4n) is 2.83. The SMILES string of the molecule is Cc1nn(-c2ccc(O)cc2F)c(-c2c(C)ncn2C)c1C(=N)NO. The number of imidazole rings is 1. The monoisotopic (exact) mass is 344 g/mol. The van der Waals surface area contributed by atoms with Gasteiger partial charge in [0.05, 0.1) is 29.0 Å². The Morgan fingerprint density at radius 2 is 1.96 bits per heavy atom. The van der Waals surface area contributed by atoms with Crippen molar-refractivity contribution in [2.24, 2.45) is 7.05 Å². The number of amidine groups is 1. The summed E-state index contributed by atoms with van der Waals surface area (Å²) < 4.78 is 17.5. The van der Waals surface area contributed by atoms with Crippen LogP contribution in [-0.4, -0.2) is 35.5 Å². The van der Waals surface area contributed by atoms with Crippen LogP contribution in [0, 0.1) is 25.1 Å². The Labute approximate surface area is 142 Å². The Morgan fingerprint density at radius 1 is 1.24 bits per heavy atom. The molecule has 2 aromatic heterocycles. The normalized spacial score (nSPS) is 10.9. The highest BCUT2D eigenvalue weighted by atomic mass is 19.1. The van der Waals surface area contributed by atoms with Gasteiger partial charge in [0.2, 0.25) is 0 Å². The van der Waals surface area contributed by atoms with E-state index < -0.39 is 5.82 Å². The number of halogens is 1.